The number of hydrogen-bond donors (Lipinski definition) is 1. The van der Waals surface area contributed by atoms with Crippen molar-refractivity contribution < 1.29 is 24.2 Å². The predicted molar refractivity (Wildman–Crippen MR) is 97.8 cm³/mol. The highest BCUT2D eigenvalue weighted by Gasteiger charge is 2.28. The van der Waals surface area contributed by atoms with Gasteiger partial charge in [0, 0.05) is 19.0 Å². The third-order valence-corrected chi connectivity index (χ3v) is 4.06. The number of likely N-dealkylation sites (N-methyl/N-ethyl adjacent to an activating group) is 1. The molecular formula is C20H23NO5. The molecule has 1 amide bonds. The van der Waals surface area contributed by atoms with E-state index in [0.29, 0.717) is 23.7 Å². The lowest BCUT2D eigenvalue weighted by Gasteiger charge is -2.25. The number of benzene rings is 2. The molecular weight excluding hydrogens is 334 g/mol. The van der Waals surface area contributed by atoms with Gasteiger partial charge in [0.15, 0.2) is 11.5 Å². The van der Waals surface area contributed by atoms with Gasteiger partial charge in [0.1, 0.15) is 6.04 Å². The first-order valence-corrected chi connectivity index (χ1v) is 8.32. The summed E-state index contributed by atoms with van der Waals surface area (Å²) in [6, 6.07) is 13.1. The van der Waals surface area contributed by atoms with Crippen LogP contribution < -0.4 is 9.47 Å². The Morgan fingerprint density at radius 2 is 1.81 bits per heavy atom. The molecule has 0 heterocycles. The average molecular weight is 357 g/mol. The lowest BCUT2D eigenvalue weighted by molar-refractivity contribution is -0.141. The third-order valence-electron chi connectivity index (χ3n) is 4.06. The van der Waals surface area contributed by atoms with E-state index in [9.17, 15) is 14.7 Å². The lowest BCUT2D eigenvalue weighted by atomic mass is 10.0. The normalized spacial score (nSPS) is 11.5. The van der Waals surface area contributed by atoms with Crippen molar-refractivity contribution in [2.24, 2.45) is 0 Å². The van der Waals surface area contributed by atoms with Crippen molar-refractivity contribution in [1.82, 2.24) is 4.90 Å². The zero-order valence-corrected chi connectivity index (χ0v) is 15.1. The zero-order valence-electron chi connectivity index (χ0n) is 15.1. The van der Waals surface area contributed by atoms with E-state index in [1.807, 2.05) is 37.3 Å². The molecule has 0 aromatic heterocycles. The monoisotopic (exact) mass is 357 g/mol. The van der Waals surface area contributed by atoms with Gasteiger partial charge in [-0.3, -0.25) is 4.79 Å². The Morgan fingerprint density at radius 1 is 1.12 bits per heavy atom. The third kappa shape index (κ3) is 4.53. The van der Waals surface area contributed by atoms with E-state index in [1.54, 1.807) is 18.2 Å². The van der Waals surface area contributed by atoms with Crippen molar-refractivity contribution >= 4 is 11.9 Å². The summed E-state index contributed by atoms with van der Waals surface area (Å²) in [5, 5.41) is 9.58. The maximum Gasteiger partial charge on any atom is 0.326 e. The van der Waals surface area contributed by atoms with Gasteiger partial charge in [0.05, 0.1) is 13.7 Å². The first kappa shape index (κ1) is 19.3. The Bertz CT molecular complexity index is 760. The minimum absolute atomic E-state index is 0.229. The highest BCUT2D eigenvalue weighted by Crippen LogP contribution is 2.28. The largest absolute Gasteiger partial charge is 0.493 e. The molecule has 1 unspecified atom stereocenters. The van der Waals surface area contributed by atoms with Crippen molar-refractivity contribution in [2.75, 3.05) is 20.8 Å². The van der Waals surface area contributed by atoms with E-state index in [2.05, 4.69) is 0 Å². The number of carbonyl (C=O) groups is 2. The fourth-order valence-corrected chi connectivity index (χ4v) is 2.65. The molecule has 1 N–H and O–H groups in total. The first-order valence-electron chi connectivity index (χ1n) is 8.32. The summed E-state index contributed by atoms with van der Waals surface area (Å²) in [6.07, 6.45) is 0.229. The number of carboxylic acid groups (broad SMARTS) is 1. The van der Waals surface area contributed by atoms with Gasteiger partial charge in [0.2, 0.25) is 0 Å². The van der Waals surface area contributed by atoms with Gasteiger partial charge >= 0.3 is 5.97 Å². The van der Waals surface area contributed by atoms with Crippen LogP contribution in [0.3, 0.4) is 0 Å². The number of ether oxygens (including phenoxy) is 2. The second-order valence-electron chi connectivity index (χ2n) is 5.76. The topological polar surface area (TPSA) is 76.1 Å². The first-order chi connectivity index (χ1) is 12.5. The predicted octanol–water partition coefficient (Wildman–Crippen LogP) is 2.86. The van der Waals surface area contributed by atoms with E-state index < -0.39 is 17.9 Å². The molecule has 0 saturated carbocycles. The van der Waals surface area contributed by atoms with Gasteiger partial charge in [-0.15, -0.1) is 0 Å². The fraction of sp³-hybridized carbons (Fsp3) is 0.300. The number of amides is 1. The van der Waals surface area contributed by atoms with Crippen LogP contribution in [0.1, 0.15) is 22.8 Å². The second kappa shape index (κ2) is 8.89. The molecule has 6 heteroatoms. The summed E-state index contributed by atoms with van der Waals surface area (Å²) in [4.78, 5) is 25.7. The summed E-state index contributed by atoms with van der Waals surface area (Å²) in [6.45, 7) is 2.33. The Labute approximate surface area is 153 Å². The van der Waals surface area contributed by atoms with Crippen molar-refractivity contribution in [3.63, 3.8) is 0 Å². The van der Waals surface area contributed by atoms with E-state index in [-0.39, 0.29) is 6.42 Å². The van der Waals surface area contributed by atoms with Gasteiger partial charge in [0.25, 0.3) is 5.91 Å². The zero-order chi connectivity index (χ0) is 19.1. The van der Waals surface area contributed by atoms with Crippen molar-refractivity contribution in [3.8, 4) is 11.5 Å². The van der Waals surface area contributed by atoms with Crippen LogP contribution >= 0.6 is 0 Å². The smallest absolute Gasteiger partial charge is 0.326 e. The van der Waals surface area contributed by atoms with Crippen molar-refractivity contribution in [2.45, 2.75) is 19.4 Å². The standard InChI is InChI=1S/C20H23NO5/c1-4-26-17-11-10-15(13-18(17)25-3)19(22)21(2)16(20(23)24)12-14-8-6-5-7-9-14/h5-11,13,16H,4,12H2,1-3H3,(H,23,24). The maximum atomic E-state index is 12.8. The Morgan fingerprint density at radius 3 is 2.38 bits per heavy atom. The molecule has 0 fully saturated rings. The number of carboxylic acids is 1. The lowest BCUT2D eigenvalue weighted by Crippen LogP contribution is -2.43. The molecule has 2 rings (SSSR count). The molecule has 0 radical (unpaired) electrons. The summed E-state index contributed by atoms with van der Waals surface area (Å²) >= 11 is 0. The van der Waals surface area contributed by atoms with Gasteiger partial charge in [-0.1, -0.05) is 30.3 Å². The van der Waals surface area contributed by atoms with Crippen molar-refractivity contribution in [1.29, 1.82) is 0 Å². The molecule has 6 nitrogen and oxygen atoms in total. The van der Waals surface area contributed by atoms with Crippen LogP contribution in [0.25, 0.3) is 0 Å². The summed E-state index contributed by atoms with van der Waals surface area (Å²) < 4.78 is 10.7. The average Bonchev–Trinajstić information content (AvgIpc) is 2.66. The molecule has 0 saturated heterocycles. The number of aliphatic carboxylic acids is 1. The molecule has 0 aliphatic carbocycles. The molecule has 0 aliphatic heterocycles. The van der Waals surface area contributed by atoms with Crippen LogP contribution in [0.4, 0.5) is 0 Å². The number of carbonyl (C=O) groups excluding carboxylic acids is 1. The van der Waals surface area contributed by atoms with Crippen LogP contribution in [0.2, 0.25) is 0 Å². The van der Waals surface area contributed by atoms with Crippen LogP contribution in [0.15, 0.2) is 48.5 Å². The Kier molecular flexibility index (Phi) is 6.60. The van der Waals surface area contributed by atoms with E-state index in [0.717, 1.165) is 5.56 Å². The number of nitrogens with zero attached hydrogens (tertiary/aromatic N) is 1. The molecule has 138 valence electrons. The number of methoxy groups -OCH3 is 1. The van der Waals surface area contributed by atoms with Crippen LogP contribution in [0, 0.1) is 0 Å². The Balaban J connectivity index is 2.24. The highest BCUT2D eigenvalue weighted by molar-refractivity contribution is 5.97. The molecule has 1 atom stereocenters. The molecule has 0 spiro atoms. The Hall–Kier alpha value is -3.02. The van der Waals surface area contributed by atoms with Crippen LogP contribution in [-0.2, 0) is 11.2 Å². The molecule has 2 aromatic rings. The highest BCUT2D eigenvalue weighted by atomic mass is 16.5. The summed E-state index contributed by atoms with van der Waals surface area (Å²) in [5.41, 5.74) is 1.19. The van der Waals surface area contributed by atoms with Crippen LogP contribution in [-0.4, -0.2) is 48.7 Å². The quantitative estimate of drug-likeness (QED) is 0.786. The van der Waals surface area contributed by atoms with Gasteiger partial charge in [-0.25, -0.2) is 4.79 Å². The van der Waals surface area contributed by atoms with E-state index in [4.69, 9.17) is 9.47 Å². The maximum absolute atomic E-state index is 12.8. The minimum atomic E-state index is -1.05. The van der Waals surface area contributed by atoms with Gasteiger partial charge in [-0.05, 0) is 30.7 Å². The summed E-state index contributed by atoms with van der Waals surface area (Å²) in [7, 11) is 2.98. The van der Waals surface area contributed by atoms with Gasteiger partial charge < -0.3 is 19.5 Å². The van der Waals surface area contributed by atoms with Crippen molar-refractivity contribution in [3.05, 3.63) is 59.7 Å². The number of rotatable bonds is 8. The van der Waals surface area contributed by atoms with Gasteiger partial charge in [-0.2, -0.15) is 0 Å². The molecule has 2 aromatic carbocycles. The van der Waals surface area contributed by atoms with Crippen LogP contribution in [0.5, 0.6) is 11.5 Å². The number of hydrogen-bond acceptors (Lipinski definition) is 4. The molecule has 26 heavy (non-hydrogen) atoms. The van der Waals surface area contributed by atoms with E-state index in [1.165, 1.54) is 19.1 Å². The summed E-state index contributed by atoms with van der Waals surface area (Å²) in [5.74, 6) is -0.480. The van der Waals surface area contributed by atoms with E-state index >= 15 is 0 Å². The molecule has 0 bridgehead atoms. The minimum Gasteiger partial charge on any atom is -0.493 e. The SMILES string of the molecule is CCOc1ccc(C(=O)N(C)C(Cc2ccccc2)C(=O)O)cc1OC. The second-order valence-corrected chi connectivity index (χ2v) is 5.76. The molecule has 0 aliphatic rings. The fourth-order valence-electron chi connectivity index (χ4n) is 2.65.